The van der Waals surface area contributed by atoms with Crippen LogP contribution in [0.1, 0.15) is 38.1 Å². The molecule has 0 saturated heterocycles. The average molecular weight is 272 g/mol. The first kappa shape index (κ1) is 14.8. The second-order valence-corrected chi connectivity index (χ2v) is 6.63. The number of aromatic amines is 1. The van der Waals surface area contributed by atoms with Gasteiger partial charge in [0.05, 0.1) is 6.54 Å². The molecule has 0 aliphatic carbocycles. The number of benzene rings is 1. The van der Waals surface area contributed by atoms with Gasteiger partial charge in [-0.3, -0.25) is 9.69 Å². The van der Waals surface area contributed by atoms with E-state index in [1.165, 1.54) is 0 Å². The Balaban J connectivity index is 2.16. The Labute approximate surface area is 121 Å². The lowest BCUT2D eigenvalue weighted by molar-refractivity contribution is 0.0855. The molecule has 20 heavy (non-hydrogen) atoms. The molecule has 0 saturated carbocycles. The van der Waals surface area contributed by atoms with Crippen molar-refractivity contribution in [3.8, 4) is 0 Å². The highest BCUT2D eigenvalue weighted by Gasteiger charge is 2.25. The average Bonchev–Trinajstić information content (AvgIpc) is 2.80. The maximum atomic E-state index is 12.5. The highest BCUT2D eigenvalue weighted by molar-refractivity contribution is 6.08. The first-order chi connectivity index (χ1) is 9.30. The third-order valence-corrected chi connectivity index (χ3v) is 4.20. The number of para-hydroxylation sites is 1. The van der Waals surface area contributed by atoms with E-state index in [9.17, 15) is 4.79 Å². The number of aromatic nitrogens is 1. The lowest BCUT2D eigenvalue weighted by Crippen LogP contribution is -2.41. The summed E-state index contributed by atoms with van der Waals surface area (Å²) in [5, 5.41) is 1.01. The van der Waals surface area contributed by atoms with Crippen LogP contribution in [-0.2, 0) is 0 Å². The second kappa shape index (κ2) is 5.41. The molecular weight excluding hydrogens is 248 g/mol. The van der Waals surface area contributed by atoms with E-state index in [0.29, 0.717) is 12.6 Å². The highest BCUT2D eigenvalue weighted by atomic mass is 16.1. The Morgan fingerprint density at radius 2 is 1.95 bits per heavy atom. The van der Waals surface area contributed by atoms with Crippen LogP contribution in [0.5, 0.6) is 0 Å². The molecule has 1 N–H and O–H groups in total. The third kappa shape index (κ3) is 2.93. The molecule has 0 aliphatic rings. The molecule has 1 aromatic carbocycles. The molecule has 3 heteroatoms. The summed E-state index contributed by atoms with van der Waals surface area (Å²) in [6, 6.07) is 8.27. The molecule has 0 fully saturated rings. The number of carbonyl (C=O) groups is 1. The molecule has 1 aromatic heterocycles. The van der Waals surface area contributed by atoms with Crippen molar-refractivity contribution in [1.82, 2.24) is 9.88 Å². The van der Waals surface area contributed by atoms with Crippen LogP contribution in [0.15, 0.2) is 30.5 Å². The Hall–Kier alpha value is -1.61. The third-order valence-electron chi connectivity index (χ3n) is 4.20. The molecule has 2 aromatic rings. The van der Waals surface area contributed by atoms with E-state index in [-0.39, 0.29) is 11.2 Å². The van der Waals surface area contributed by atoms with Gasteiger partial charge >= 0.3 is 0 Å². The van der Waals surface area contributed by atoms with Crippen LogP contribution in [0.25, 0.3) is 10.9 Å². The number of nitrogens with one attached hydrogen (secondary N) is 1. The van der Waals surface area contributed by atoms with E-state index in [2.05, 4.69) is 37.6 Å². The van der Waals surface area contributed by atoms with Crippen LogP contribution in [0.3, 0.4) is 0 Å². The van der Waals surface area contributed by atoms with Crippen molar-refractivity contribution in [2.24, 2.45) is 5.41 Å². The molecule has 0 spiro atoms. The van der Waals surface area contributed by atoms with Crippen LogP contribution >= 0.6 is 0 Å². The van der Waals surface area contributed by atoms with E-state index in [1.54, 1.807) is 0 Å². The molecule has 0 aliphatic heterocycles. The van der Waals surface area contributed by atoms with Crippen molar-refractivity contribution in [3.63, 3.8) is 0 Å². The SMILES string of the molecule is CC(N(C)CC(=O)c1c[nH]c2ccccc12)C(C)(C)C. The van der Waals surface area contributed by atoms with E-state index < -0.39 is 0 Å². The van der Waals surface area contributed by atoms with Crippen molar-refractivity contribution in [2.75, 3.05) is 13.6 Å². The van der Waals surface area contributed by atoms with Gasteiger partial charge in [-0.2, -0.15) is 0 Å². The van der Waals surface area contributed by atoms with Crippen LogP contribution in [0.2, 0.25) is 0 Å². The monoisotopic (exact) mass is 272 g/mol. The maximum Gasteiger partial charge on any atom is 0.178 e. The standard InChI is InChI=1S/C17H24N2O/c1-12(17(2,3)4)19(5)11-16(20)14-10-18-15-9-7-6-8-13(14)15/h6-10,12,18H,11H2,1-5H3. The summed E-state index contributed by atoms with van der Waals surface area (Å²) in [5.41, 5.74) is 1.96. The van der Waals surface area contributed by atoms with Gasteiger partial charge in [-0.05, 0) is 25.5 Å². The smallest absolute Gasteiger partial charge is 0.178 e. The Morgan fingerprint density at radius 3 is 2.60 bits per heavy atom. The highest BCUT2D eigenvalue weighted by Crippen LogP contribution is 2.24. The molecule has 0 bridgehead atoms. The maximum absolute atomic E-state index is 12.5. The fourth-order valence-corrected chi connectivity index (χ4v) is 2.41. The lowest BCUT2D eigenvalue weighted by Gasteiger charge is -2.34. The number of carbonyl (C=O) groups excluding carboxylic acids is 1. The second-order valence-electron chi connectivity index (χ2n) is 6.63. The molecular formula is C17H24N2O. The number of fused-ring (bicyclic) bond motifs is 1. The number of ketones is 1. The van der Waals surface area contributed by atoms with Gasteiger partial charge in [0.25, 0.3) is 0 Å². The summed E-state index contributed by atoms with van der Waals surface area (Å²) < 4.78 is 0. The summed E-state index contributed by atoms with van der Waals surface area (Å²) in [6.45, 7) is 9.21. The fourth-order valence-electron chi connectivity index (χ4n) is 2.41. The van der Waals surface area contributed by atoms with Gasteiger partial charge in [0.15, 0.2) is 5.78 Å². The zero-order valence-electron chi connectivity index (χ0n) is 13.0. The van der Waals surface area contributed by atoms with Gasteiger partial charge in [0.1, 0.15) is 0 Å². The topological polar surface area (TPSA) is 36.1 Å². The Morgan fingerprint density at radius 1 is 1.30 bits per heavy atom. The number of hydrogen-bond donors (Lipinski definition) is 1. The summed E-state index contributed by atoms with van der Waals surface area (Å²) >= 11 is 0. The van der Waals surface area contributed by atoms with Gasteiger partial charge in [-0.1, -0.05) is 39.0 Å². The number of H-pyrrole nitrogens is 1. The summed E-state index contributed by atoms with van der Waals surface area (Å²) in [5.74, 6) is 0.168. The minimum absolute atomic E-state index is 0.162. The first-order valence-corrected chi connectivity index (χ1v) is 7.10. The zero-order chi connectivity index (χ0) is 14.9. The van der Waals surface area contributed by atoms with Crippen molar-refractivity contribution < 1.29 is 4.79 Å². The minimum Gasteiger partial charge on any atom is -0.360 e. The van der Waals surface area contributed by atoms with Gasteiger partial charge in [0.2, 0.25) is 0 Å². The van der Waals surface area contributed by atoms with E-state index in [4.69, 9.17) is 0 Å². The molecule has 0 radical (unpaired) electrons. The molecule has 108 valence electrons. The molecule has 0 amide bonds. The number of rotatable bonds is 4. The fraction of sp³-hybridized carbons (Fsp3) is 0.471. The number of Topliss-reactive ketones (excluding diaryl/α,β-unsaturated/α-hetero) is 1. The van der Waals surface area contributed by atoms with Gasteiger partial charge < -0.3 is 4.98 Å². The predicted octanol–water partition coefficient (Wildman–Crippen LogP) is 3.72. The Kier molecular flexibility index (Phi) is 4.00. The van der Waals surface area contributed by atoms with Crippen LogP contribution < -0.4 is 0 Å². The molecule has 1 atom stereocenters. The lowest BCUT2D eigenvalue weighted by atomic mass is 9.87. The van der Waals surface area contributed by atoms with Crippen molar-refractivity contribution in [1.29, 1.82) is 0 Å². The van der Waals surface area contributed by atoms with Gasteiger partial charge in [0, 0.05) is 28.7 Å². The summed E-state index contributed by atoms with van der Waals surface area (Å²) in [7, 11) is 2.02. The Bertz CT molecular complexity index is 607. The number of likely N-dealkylation sites (N-methyl/N-ethyl adjacent to an activating group) is 1. The normalized spacial score (nSPS) is 13.9. The van der Waals surface area contributed by atoms with Crippen molar-refractivity contribution in [2.45, 2.75) is 33.7 Å². The summed E-state index contributed by atoms with van der Waals surface area (Å²) in [4.78, 5) is 17.8. The first-order valence-electron chi connectivity index (χ1n) is 7.10. The van der Waals surface area contributed by atoms with Gasteiger partial charge in [-0.15, -0.1) is 0 Å². The molecule has 1 heterocycles. The number of hydrogen-bond acceptors (Lipinski definition) is 2. The van der Waals surface area contributed by atoms with Crippen LogP contribution in [0, 0.1) is 5.41 Å². The predicted molar refractivity (Wildman–Crippen MR) is 84.2 cm³/mol. The van der Waals surface area contributed by atoms with Crippen molar-refractivity contribution >= 4 is 16.7 Å². The number of nitrogens with zero attached hydrogens (tertiary/aromatic N) is 1. The molecule has 3 nitrogen and oxygen atoms in total. The molecule has 2 rings (SSSR count). The van der Waals surface area contributed by atoms with E-state index in [0.717, 1.165) is 16.5 Å². The van der Waals surface area contributed by atoms with Gasteiger partial charge in [-0.25, -0.2) is 0 Å². The summed E-state index contributed by atoms with van der Waals surface area (Å²) in [6.07, 6.45) is 1.82. The zero-order valence-corrected chi connectivity index (χ0v) is 13.0. The van der Waals surface area contributed by atoms with Crippen LogP contribution in [-0.4, -0.2) is 35.3 Å². The van der Waals surface area contributed by atoms with E-state index >= 15 is 0 Å². The van der Waals surface area contributed by atoms with Crippen LogP contribution in [0.4, 0.5) is 0 Å². The largest absolute Gasteiger partial charge is 0.360 e. The van der Waals surface area contributed by atoms with Crippen molar-refractivity contribution in [3.05, 3.63) is 36.0 Å². The quantitative estimate of drug-likeness (QED) is 0.861. The molecule has 1 unspecified atom stereocenters. The van der Waals surface area contributed by atoms with E-state index in [1.807, 2.05) is 37.5 Å². The minimum atomic E-state index is 0.162.